The minimum atomic E-state index is -0.175. The van der Waals surface area contributed by atoms with Crippen molar-refractivity contribution < 1.29 is 9.59 Å². The van der Waals surface area contributed by atoms with Crippen LogP contribution in [0.25, 0.3) is 10.6 Å². The SMILES string of the molecule is CCCCCCCC(=O)N(CCC(=O)Nc1nnc(-c2cccc(Br)c2)s1)Cc1ccccc1. The number of hydrogen-bond donors (Lipinski definition) is 1. The molecule has 3 aromatic rings. The van der Waals surface area contributed by atoms with Gasteiger partial charge in [-0.3, -0.25) is 9.59 Å². The van der Waals surface area contributed by atoms with E-state index in [0.29, 0.717) is 24.6 Å². The summed E-state index contributed by atoms with van der Waals surface area (Å²) in [5, 5.41) is 12.3. The van der Waals surface area contributed by atoms with E-state index in [1.807, 2.05) is 54.6 Å². The van der Waals surface area contributed by atoms with Gasteiger partial charge in [-0.15, -0.1) is 10.2 Å². The van der Waals surface area contributed by atoms with Crippen molar-refractivity contribution in [2.45, 2.75) is 58.4 Å². The molecule has 1 aromatic heterocycles. The molecule has 0 spiro atoms. The predicted octanol–water partition coefficient (Wildman–Crippen LogP) is 6.69. The minimum Gasteiger partial charge on any atom is -0.338 e. The molecule has 2 aromatic carbocycles. The van der Waals surface area contributed by atoms with E-state index in [1.54, 1.807) is 4.90 Å². The molecule has 0 bridgehead atoms. The number of amides is 2. The number of unbranched alkanes of at least 4 members (excludes halogenated alkanes) is 4. The second kappa shape index (κ2) is 14.0. The van der Waals surface area contributed by atoms with E-state index in [0.717, 1.165) is 39.9 Å². The Bertz CT molecular complexity index is 1060. The average Bonchev–Trinajstić information content (AvgIpc) is 3.30. The van der Waals surface area contributed by atoms with Gasteiger partial charge in [0, 0.05) is 36.0 Å². The number of aromatic nitrogens is 2. The standard InChI is InChI=1S/C26H31BrN4O2S/c1-2-3-4-5-9-15-24(33)31(19-20-11-7-6-8-12-20)17-16-23(32)28-26-30-29-25(34-26)21-13-10-14-22(27)18-21/h6-8,10-14,18H,2-5,9,15-17,19H2,1H3,(H,28,30,32). The van der Waals surface area contributed by atoms with Gasteiger partial charge in [-0.05, 0) is 24.1 Å². The largest absolute Gasteiger partial charge is 0.338 e. The molecule has 0 aliphatic carbocycles. The third-order valence-corrected chi connectivity index (χ3v) is 6.80. The number of hydrogen-bond acceptors (Lipinski definition) is 5. The molecule has 1 heterocycles. The number of carbonyl (C=O) groups is 2. The zero-order chi connectivity index (χ0) is 24.2. The van der Waals surface area contributed by atoms with Crippen LogP contribution in [-0.2, 0) is 16.1 Å². The second-order valence-corrected chi connectivity index (χ2v) is 10.1. The Labute approximate surface area is 213 Å². The molecule has 180 valence electrons. The molecular formula is C26H31BrN4O2S. The van der Waals surface area contributed by atoms with Crippen LogP contribution in [0.15, 0.2) is 59.1 Å². The number of anilines is 1. The summed E-state index contributed by atoms with van der Waals surface area (Å²) in [5.74, 6) is -0.0771. The van der Waals surface area contributed by atoms with E-state index in [2.05, 4.69) is 38.4 Å². The maximum Gasteiger partial charge on any atom is 0.227 e. The first-order valence-corrected chi connectivity index (χ1v) is 13.4. The molecule has 3 rings (SSSR count). The number of rotatable bonds is 13. The lowest BCUT2D eigenvalue weighted by molar-refractivity contribution is -0.132. The normalized spacial score (nSPS) is 10.8. The summed E-state index contributed by atoms with van der Waals surface area (Å²) < 4.78 is 0.958. The highest BCUT2D eigenvalue weighted by atomic mass is 79.9. The monoisotopic (exact) mass is 542 g/mol. The Morgan fingerprint density at radius 1 is 0.971 bits per heavy atom. The van der Waals surface area contributed by atoms with Crippen LogP contribution >= 0.6 is 27.3 Å². The van der Waals surface area contributed by atoms with Crippen LogP contribution in [-0.4, -0.2) is 33.5 Å². The summed E-state index contributed by atoms with van der Waals surface area (Å²) in [5.41, 5.74) is 2.00. The Kier molecular flexibility index (Phi) is 10.7. The minimum absolute atomic E-state index is 0.0982. The first-order valence-electron chi connectivity index (χ1n) is 11.8. The fourth-order valence-corrected chi connectivity index (χ4v) is 4.72. The molecule has 6 nitrogen and oxygen atoms in total. The van der Waals surface area contributed by atoms with Gasteiger partial charge in [0.05, 0.1) is 0 Å². The van der Waals surface area contributed by atoms with Gasteiger partial charge in [-0.2, -0.15) is 0 Å². The van der Waals surface area contributed by atoms with Crippen LogP contribution in [0.5, 0.6) is 0 Å². The summed E-state index contributed by atoms with van der Waals surface area (Å²) in [7, 11) is 0. The molecule has 0 aliphatic rings. The van der Waals surface area contributed by atoms with Gasteiger partial charge in [0.1, 0.15) is 5.01 Å². The van der Waals surface area contributed by atoms with Gasteiger partial charge in [0.25, 0.3) is 0 Å². The second-order valence-electron chi connectivity index (χ2n) is 8.19. The first-order chi connectivity index (χ1) is 16.5. The van der Waals surface area contributed by atoms with Crippen LogP contribution in [0.4, 0.5) is 5.13 Å². The first kappa shape index (κ1) is 26.0. The van der Waals surface area contributed by atoms with Gasteiger partial charge in [0.2, 0.25) is 16.9 Å². The van der Waals surface area contributed by atoms with Crippen LogP contribution in [0, 0.1) is 0 Å². The summed E-state index contributed by atoms with van der Waals surface area (Å²) in [4.78, 5) is 27.3. The Hall–Kier alpha value is -2.58. The summed E-state index contributed by atoms with van der Waals surface area (Å²) in [6.45, 7) is 3.06. The molecule has 0 saturated heterocycles. The number of nitrogens with zero attached hydrogens (tertiary/aromatic N) is 3. The highest BCUT2D eigenvalue weighted by Crippen LogP contribution is 2.28. The van der Waals surface area contributed by atoms with Crippen molar-refractivity contribution in [1.82, 2.24) is 15.1 Å². The maximum absolute atomic E-state index is 12.9. The lowest BCUT2D eigenvalue weighted by Crippen LogP contribution is -2.33. The van der Waals surface area contributed by atoms with Gasteiger partial charge in [-0.1, -0.05) is 102 Å². The predicted molar refractivity (Wildman–Crippen MR) is 142 cm³/mol. The quantitative estimate of drug-likeness (QED) is 0.244. The molecule has 0 atom stereocenters. The smallest absolute Gasteiger partial charge is 0.227 e. The fraction of sp³-hybridized carbons (Fsp3) is 0.385. The summed E-state index contributed by atoms with van der Waals surface area (Å²) >= 11 is 4.79. The third-order valence-electron chi connectivity index (χ3n) is 5.41. The van der Waals surface area contributed by atoms with Crippen LogP contribution < -0.4 is 5.32 Å². The number of nitrogens with one attached hydrogen (secondary N) is 1. The van der Waals surface area contributed by atoms with E-state index in [-0.39, 0.29) is 18.2 Å². The van der Waals surface area contributed by atoms with Crippen molar-refractivity contribution in [3.05, 3.63) is 64.6 Å². The molecule has 8 heteroatoms. The van der Waals surface area contributed by atoms with Crippen molar-refractivity contribution in [3.63, 3.8) is 0 Å². The number of halogens is 1. The molecule has 0 radical (unpaired) electrons. The van der Waals surface area contributed by atoms with Crippen LogP contribution in [0.2, 0.25) is 0 Å². The zero-order valence-corrected chi connectivity index (χ0v) is 21.9. The van der Waals surface area contributed by atoms with Crippen molar-refractivity contribution in [2.75, 3.05) is 11.9 Å². The molecule has 0 saturated carbocycles. The zero-order valence-electron chi connectivity index (χ0n) is 19.5. The van der Waals surface area contributed by atoms with Crippen molar-refractivity contribution in [1.29, 1.82) is 0 Å². The van der Waals surface area contributed by atoms with E-state index in [9.17, 15) is 9.59 Å². The highest BCUT2D eigenvalue weighted by Gasteiger charge is 2.16. The molecule has 0 unspecified atom stereocenters. The number of benzene rings is 2. The van der Waals surface area contributed by atoms with Crippen LogP contribution in [0.3, 0.4) is 0 Å². The lowest BCUT2D eigenvalue weighted by Gasteiger charge is -2.23. The third kappa shape index (κ3) is 8.65. The summed E-state index contributed by atoms with van der Waals surface area (Å²) in [6.07, 6.45) is 6.23. The van der Waals surface area contributed by atoms with E-state index < -0.39 is 0 Å². The van der Waals surface area contributed by atoms with Gasteiger partial charge >= 0.3 is 0 Å². The Balaban J connectivity index is 1.54. The van der Waals surface area contributed by atoms with Gasteiger partial charge in [-0.25, -0.2) is 0 Å². The van der Waals surface area contributed by atoms with Crippen LogP contribution in [0.1, 0.15) is 57.4 Å². The Morgan fingerprint density at radius 2 is 1.76 bits per heavy atom. The van der Waals surface area contributed by atoms with Crippen molar-refractivity contribution in [2.24, 2.45) is 0 Å². The fourth-order valence-electron chi connectivity index (χ4n) is 3.56. The maximum atomic E-state index is 12.9. The molecule has 0 fully saturated rings. The molecule has 1 N–H and O–H groups in total. The Morgan fingerprint density at radius 3 is 2.53 bits per heavy atom. The van der Waals surface area contributed by atoms with Crippen molar-refractivity contribution >= 4 is 44.2 Å². The van der Waals surface area contributed by atoms with Gasteiger partial charge in [0.15, 0.2) is 0 Å². The highest BCUT2D eigenvalue weighted by molar-refractivity contribution is 9.10. The van der Waals surface area contributed by atoms with Crippen molar-refractivity contribution in [3.8, 4) is 10.6 Å². The van der Waals surface area contributed by atoms with E-state index >= 15 is 0 Å². The lowest BCUT2D eigenvalue weighted by atomic mass is 10.1. The molecular weight excluding hydrogens is 512 g/mol. The molecule has 0 aliphatic heterocycles. The molecule has 2 amide bonds. The summed E-state index contributed by atoms with van der Waals surface area (Å²) in [6, 6.07) is 17.7. The number of carbonyl (C=O) groups excluding carboxylic acids is 2. The van der Waals surface area contributed by atoms with E-state index in [1.165, 1.54) is 24.2 Å². The topological polar surface area (TPSA) is 75.2 Å². The average molecular weight is 544 g/mol. The molecule has 34 heavy (non-hydrogen) atoms. The van der Waals surface area contributed by atoms with E-state index in [4.69, 9.17) is 0 Å². The van der Waals surface area contributed by atoms with Gasteiger partial charge < -0.3 is 10.2 Å².